The van der Waals surface area contributed by atoms with Crippen molar-refractivity contribution in [3.05, 3.63) is 65.7 Å². The standard InChI is InChI=1S/C19H20N2O5/c20-18(23)16(21-19(24)25)10-11-17(22)14-6-8-15(9-7-14)26-12-13-4-2-1-3-5-13/h1-9,16,21H,10-12H2,(H2,20,23)(H,24,25). The van der Waals surface area contributed by atoms with E-state index in [4.69, 9.17) is 15.6 Å². The van der Waals surface area contributed by atoms with Gasteiger partial charge in [-0.25, -0.2) is 4.79 Å². The number of hydrogen-bond donors (Lipinski definition) is 3. The van der Waals surface area contributed by atoms with E-state index in [1.165, 1.54) is 0 Å². The molecular formula is C19H20N2O5. The fraction of sp³-hybridized carbons (Fsp3) is 0.211. The Labute approximate surface area is 150 Å². The molecule has 2 aromatic carbocycles. The number of amides is 2. The van der Waals surface area contributed by atoms with Gasteiger partial charge < -0.3 is 20.9 Å². The second kappa shape index (κ2) is 9.22. The van der Waals surface area contributed by atoms with Crippen LogP contribution in [0, 0.1) is 0 Å². The third-order valence-electron chi connectivity index (χ3n) is 3.73. The molecule has 7 nitrogen and oxygen atoms in total. The van der Waals surface area contributed by atoms with Gasteiger partial charge in [0.05, 0.1) is 0 Å². The Hall–Kier alpha value is -3.35. The number of benzene rings is 2. The fourth-order valence-electron chi connectivity index (χ4n) is 2.33. The zero-order valence-corrected chi connectivity index (χ0v) is 14.1. The van der Waals surface area contributed by atoms with Crippen LogP contribution in [0.15, 0.2) is 54.6 Å². The van der Waals surface area contributed by atoms with E-state index in [-0.39, 0.29) is 18.6 Å². The average Bonchev–Trinajstić information content (AvgIpc) is 2.64. The SMILES string of the molecule is NC(=O)C(CCC(=O)c1ccc(OCc2ccccc2)cc1)NC(=O)O. The van der Waals surface area contributed by atoms with Crippen LogP contribution in [0.2, 0.25) is 0 Å². The second-order valence-electron chi connectivity index (χ2n) is 5.66. The number of nitrogens with two attached hydrogens (primary N) is 1. The van der Waals surface area contributed by atoms with E-state index in [0.717, 1.165) is 5.56 Å². The molecule has 0 saturated heterocycles. The minimum absolute atomic E-state index is 0.00188. The minimum atomic E-state index is -1.36. The molecule has 0 aliphatic heterocycles. The number of rotatable bonds is 9. The maximum absolute atomic E-state index is 12.2. The summed E-state index contributed by atoms with van der Waals surface area (Å²) in [6, 6.07) is 15.3. The number of carbonyl (C=O) groups excluding carboxylic acids is 2. The lowest BCUT2D eigenvalue weighted by atomic mass is 10.0. The van der Waals surface area contributed by atoms with E-state index in [1.807, 2.05) is 35.6 Å². The maximum Gasteiger partial charge on any atom is 0.405 e. The molecule has 0 heterocycles. The molecule has 0 radical (unpaired) electrons. The summed E-state index contributed by atoms with van der Waals surface area (Å²) in [5.41, 5.74) is 6.61. The first-order chi connectivity index (χ1) is 12.5. The molecule has 26 heavy (non-hydrogen) atoms. The summed E-state index contributed by atoms with van der Waals surface area (Å²) >= 11 is 0. The average molecular weight is 356 g/mol. The smallest absolute Gasteiger partial charge is 0.405 e. The molecule has 2 amide bonds. The first-order valence-corrected chi connectivity index (χ1v) is 8.04. The molecule has 0 aromatic heterocycles. The van der Waals surface area contributed by atoms with Gasteiger partial charge in [0.2, 0.25) is 5.91 Å². The highest BCUT2D eigenvalue weighted by Crippen LogP contribution is 2.16. The van der Waals surface area contributed by atoms with Gasteiger partial charge >= 0.3 is 6.09 Å². The summed E-state index contributed by atoms with van der Waals surface area (Å²) < 4.78 is 5.65. The Morgan fingerprint density at radius 3 is 2.27 bits per heavy atom. The lowest BCUT2D eigenvalue weighted by molar-refractivity contribution is -0.120. The second-order valence-corrected chi connectivity index (χ2v) is 5.66. The van der Waals surface area contributed by atoms with E-state index in [0.29, 0.717) is 17.9 Å². The Kier molecular flexibility index (Phi) is 6.73. The van der Waals surface area contributed by atoms with Crippen molar-refractivity contribution in [3.8, 4) is 5.75 Å². The van der Waals surface area contributed by atoms with Crippen LogP contribution in [0.3, 0.4) is 0 Å². The number of carbonyl (C=O) groups is 3. The number of primary amides is 1. The lowest BCUT2D eigenvalue weighted by Crippen LogP contribution is -2.44. The predicted octanol–water partition coefficient (Wildman–Crippen LogP) is 2.35. The van der Waals surface area contributed by atoms with Crippen molar-refractivity contribution >= 4 is 17.8 Å². The zero-order valence-electron chi connectivity index (χ0n) is 14.1. The molecule has 0 spiro atoms. The maximum atomic E-state index is 12.2. The Morgan fingerprint density at radius 1 is 1.04 bits per heavy atom. The summed E-state index contributed by atoms with van der Waals surface area (Å²) in [5.74, 6) is -0.393. The van der Waals surface area contributed by atoms with Gasteiger partial charge in [0.25, 0.3) is 0 Å². The van der Waals surface area contributed by atoms with Gasteiger partial charge in [-0.2, -0.15) is 0 Å². The van der Waals surface area contributed by atoms with Crippen LogP contribution < -0.4 is 15.8 Å². The van der Waals surface area contributed by atoms with E-state index in [9.17, 15) is 14.4 Å². The highest BCUT2D eigenvalue weighted by molar-refractivity contribution is 5.96. The van der Waals surface area contributed by atoms with Gasteiger partial charge in [-0.3, -0.25) is 9.59 Å². The van der Waals surface area contributed by atoms with Crippen LogP contribution in [0.5, 0.6) is 5.75 Å². The number of Topliss-reactive ketones (excluding diaryl/α,β-unsaturated/α-hetero) is 1. The van der Waals surface area contributed by atoms with Crippen molar-refractivity contribution in [2.45, 2.75) is 25.5 Å². The molecule has 2 aromatic rings. The van der Waals surface area contributed by atoms with Crippen LogP contribution >= 0.6 is 0 Å². The van der Waals surface area contributed by atoms with E-state index < -0.39 is 18.0 Å². The molecule has 136 valence electrons. The molecule has 0 aliphatic carbocycles. The van der Waals surface area contributed by atoms with Crippen LogP contribution in [-0.4, -0.2) is 28.9 Å². The molecule has 0 fully saturated rings. The Balaban J connectivity index is 1.87. The first-order valence-electron chi connectivity index (χ1n) is 8.04. The number of ether oxygens (including phenoxy) is 1. The lowest BCUT2D eigenvalue weighted by Gasteiger charge is -2.12. The topological polar surface area (TPSA) is 119 Å². The van der Waals surface area contributed by atoms with Crippen molar-refractivity contribution in [2.24, 2.45) is 5.73 Å². The summed E-state index contributed by atoms with van der Waals surface area (Å²) in [7, 11) is 0. The van der Waals surface area contributed by atoms with Crippen LogP contribution in [-0.2, 0) is 11.4 Å². The number of nitrogens with one attached hydrogen (secondary N) is 1. The van der Waals surface area contributed by atoms with Crippen LogP contribution in [0.4, 0.5) is 4.79 Å². The largest absolute Gasteiger partial charge is 0.489 e. The highest BCUT2D eigenvalue weighted by atomic mass is 16.5. The molecule has 1 atom stereocenters. The summed E-state index contributed by atoms with van der Waals surface area (Å²) in [4.78, 5) is 34.0. The number of carboxylic acid groups (broad SMARTS) is 1. The van der Waals surface area contributed by atoms with E-state index >= 15 is 0 Å². The molecule has 0 bridgehead atoms. The summed E-state index contributed by atoms with van der Waals surface area (Å²) in [5, 5.41) is 10.7. The van der Waals surface area contributed by atoms with Crippen molar-refractivity contribution in [1.29, 1.82) is 0 Å². The van der Waals surface area contributed by atoms with Gasteiger partial charge in [0.1, 0.15) is 18.4 Å². The first kappa shape index (κ1) is 19.0. The highest BCUT2D eigenvalue weighted by Gasteiger charge is 2.19. The monoisotopic (exact) mass is 356 g/mol. The van der Waals surface area contributed by atoms with Gasteiger partial charge in [0, 0.05) is 12.0 Å². The predicted molar refractivity (Wildman–Crippen MR) is 94.9 cm³/mol. The molecule has 1 unspecified atom stereocenters. The minimum Gasteiger partial charge on any atom is -0.489 e. The molecule has 7 heteroatoms. The van der Waals surface area contributed by atoms with Crippen molar-refractivity contribution in [1.82, 2.24) is 5.32 Å². The quantitative estimate of drug-likeness (QED) is 0.596. The van der Waals surface area contributed by atoms with Crippen molar-refractivity contribution in [3.63, 3.8) is 0 Å². The van der Waals surface area contributed by atoms with E-state index in [2.05, 4.69) is 0 Å². The van der Waals surface area contributed by atoms with Gasteiger partial charge in [-0.1, -0.05) is 30.3 Å². The molecule has 2 rings (SSSR count). The van der Waals surface area contributed by atoms with Gasteiger partial charge in [-0.15, -0.1) is 0 Å². The van der Waals surface area contributed by atoms with Gasteiger partial charge in [-0.05, 0) is 36.2 Å². The van der Waals surface area contributed by atoms with E-state index in [1.54, 1.807) is 24.3 Å². The molecule has 4 N–H and O–H groups in total. The van der Waals surface area contributed by atoms with Crippen LogP contribution in [0.25, 0.3) is 0 Å². The van der Waals surface area contributed by atoms with Crippen molar-refractivity contribution < 1.29 is 24.2 Å². The normalized spacial score (nSPS) is 11.4. The Bertz CT molecular complexity index is 759. The molecular weight excluding hydrogens is 336 g/mol. The summed E-state index contributed by atoms with van der Waals surface area (Å²) in [6.07, 6.45) is -1.36. The van der Waals surface area contributed by atoms with Gasteiger partial charge in [0.15, 0.2) is 5.78 Å². The zero-order chi connectivity index (χ0) is 18.9. The molecule has 0 saturated carbocycles. The Morgan fingerprint density at radius 2 is 1.69 bits per heavy atom. The van der Waals surface area contributed by atoms with Crippen LogP contribution in [0.1, 0.15) is 28.8 Å². The van der Waals surface area contributed by atoms with Crippen molar-refractivity contribution in [2.75, 3.05) is 0 Å². The number of ketones is 1. The third-order valence-corrected chi connectivity index (χ3v) is 3.73. The number of hydrogen-bond acceptors (Lipinski definition) is 4. The fourth-order valence-corrected chi connectivity index (χ4v) is 2.33. The third kappa shape index (κ3) is 5.94. The summed E-state index contributed by atoms with van der Waals surface area (Å²) in [6.45, 7) is 0.426. The molecule has 0 aliphatic rings.